The van der Waals surface area contributed by atoms with Crippen LogP contribution in [-0.2, 0) is 14.4 Å². The second-order valence-electron chi connectivity index (χ2n) is 3.44. The third-order valence-corrected chi connectivity index (χ3v) is 2.49. The van der Waals surface area contributed by atoms with E-state index in [1.54, 1.807) is 18.2 Å². The highest BCUT2D eigenvalue weighted by Crippen LogP contribution is 2.23. The topological polar surface area (TPSA) is 90.7 Å². The van der Waals surface area contributed by atoms with Gasteiger partial charge in [-0.1, -0.05) is 15.9 Å². The lowest BCUT2D eigenvalue weighted by Crippen LogP contribution is -2.28. The lowest BCUT2D eigenvalue weighted by atomic mass is 10.2. The monoisotopic (exact) mass is 328 g/mol. The van der Waals surface area contributed by atoms with E-state index in [1.165, 1.54) is 13.2 Å². The quantitative estimate of drug-likeness (QED) is 0.602. The first-order valence-corrected chi connectivity index (χ1v) is 6.04. The van der Waals surface area contributed by atoms with Crippen LogP contribution in [0.15, 0.2) is 28.7 Å². The molecule has 3 N–H and O–H groups in total. The smallest absolute Gasteiger partial charge is 0.267 e. The van der Waals surface area contributed by atoms with Crippen LogP contribution >= 0.6 is 15.9 Å². The summed E-state index contributed by atoms with van der Waals surface area (Å²) in [6, 6.07) is 5.39. The van der Waals surface area contributed by atoms with Gasteiger partial charge in [0, 0.05) is 16.1 Å². The Hall–Kier alpha value is -1.86. The Morgan fingerprint density at radius 1 is 1.47 bits per heavy atom. The van der Waals surface area contributed by atoms with Crippen LogP contribution in [0.4, 0.5) is 0 Å². The summed E-state index contributed by atoms with van der Waals surface area (Å²) in [6.45, 7) is -0.375. The zero-order valence-corrected chi connectivity index (χ0v) is 11.8. The number of nitrogens with two attached hydrogens (primary N) is 1. The summed E-state index contributed by atoms with van der Waals surface area (Å²) in [5, 5.41) is 0. The molecule has 0 aliphatic heterocycles. The summed E-state index contributed by atoms with van der Waals surface area (Å²) in [5.41, 5.74) is 7.62. The molecule has 0 aliphatic rings. The molecule has 19 heavy (non-hydrogen) atoms. The molecule has 0 atom stereocenters. The van der Waals surface area contributed by atoms with Gasteiger partial charge < -0.3 is 10.5 Å². The summed E-state index contributed by atoms with van der Waals surface area (Å²) in [5.74, 6) is -0.550. The van der Waals surface area contributed by atoms with E-state index in [0.29, 0.717) is 5.75 Å². The molecule has 0 bridgehead atoms. The van der Waals surface area contributed by atoms with Crippen molar-refractivity contribution in [2.24, 2.45) is 5.73 Å². The number of ether oxygens (including phenoxy) is 1. The zero-order valence-electron chi connectivity index (χ0n) is 10.2. The van der Waals surface area contributed by atoms with Crippen molar-refractivity contribution in [3.05, 3.63) is 34.3 Å². The Kier molecular flexibility index (Phi) is 6.04. The Labute approximate surface area is 118 Å². The van der Waals surface area contributed by atoms with Crippen LogP contribution in [0.3, 0.4) is 0 Å². The number of hydroxylamine groups is 1. The Bertz CT molecular complexity index is 503. The molecule has 0 unspecified atom stereocenters. The molecule has 0 aliphatic carbocycles. The van der Waals surface area contributed by atoms with Gasteiger partial charge in [0.05, 0.1) is 7.11 Å². The number of methoxy groups -OCH3 is 1. The highest BCUT2D eigenvalue weighted by atomic mass is 79.9. The van der Waals surface area contributed by atoms with Gasteiger partial charge in [0.15, 0.2) is 6.61 Å². The molecule has 0 saturated carbocycles. The lowest BCUT2D eigenvalue weighted by Gasteiger charge is -2.05. The molecule has 0 radical (unpaired) electrons. The van der Waals surface area contributed by atoms with Gasteiger partial charge in [-0.2, -0.15) is 0 Å². The van der Waals surface area contributed by atoms with Crippen LogP contribution in [0.25, 0.3) is 6.08 Å². The van der Waals surface area contributed by atoms with Crippen molar-refractivity contribution in [2.75, 3.05) is 13.7 Å². The second-order valence-corrected chi connectivity index (χ2v) is 4.36. The van der Waals surface area contributed by atoms with Crippen molar-refractivity contribution in [3.63, 3.8) is 0 Å². The van der Waals surface area contributed by atoms with Crippen molar-refractivity contribution >= 4 is 33.8 Å². The largest absolute Gasteiger partial charge is 0.496 e. The average molecular weight is 329 g/mol. The molecule has 1 aromatic carbocycles. The SMILES string of the molecule is COc1ccc(Br)cc1/C=C/C(=O)NOCC(N)=O. The lowest BCUT2D eigenvalue weighted by molar-refractivity contribution is -0.134. The van der Waals surface area contributed by atoms with Crippen molar-refractivity contribution in [1.29, 1.82) is 0 Å². The van der Waals surface area contributed by atoms with Crippen LogP contribution in [0.1, 0.15) is 5.56 Å². The molecule has 6 nitrogen and oxygen atoms in total. The number of hydrogen-bond acceptors (Lipinski definition) is 4. The van der Waals surface area contributed by atoms with Crippen molar-refractivity contribution in [2.45, 2.75) is 0 Å². The number of benzene rings is 1. The first-order chi connectivity index (χ1) is 9.02. The van der Waals surface area contributed by atoms with E-state index in [1.807, 2.05) is 6.07 Å². The van der Waals surface area contributed by atoms with E-state index in [-0.39, 0.29) is 6.61 Å². The number of carbonyl (C=O) groups excluding carboxylic acids is 2. The maximum atomic E-state index is 11.4. The maximum Gasteiger partial charge on any atom is 0.267 e. The number of halogens is 1. The van der Waals surface area contributed by atoms with E-state index in [9.17, 15) is 9.59 Å². The maximum absolute atomic E-state index is 11.4. The molecular formula is C12H13BrN2O4. The van der Waals surface area contributed by atoms with Gasteiger partial charge in [-0.3, -0.25) is 14.4 Å². The molecule has 1 aromatic rings. The van der Waals surface area contributed by atoms with Crippen LogP contribution in [0.5, 0.6) is 5.75 Å². The van der Waals surface area contributed by atoms with Gasteiger partial charge >= 0.3 is 0 Å². The van der Waals surface area contributed by atoms with Crippen molar-refractivity contribution in [3.8, 4) is 5.75 Å². The summed E-state index contributed by atoms with van der Waals surface area (Å²) >= 11 is 3.32. The summed E-state index contributed by atoms with van der Waals surface area (Å²) in [6.07, 6.45) is 2.82. The Balaban J connectivity index is 2.62. The van der Waals surface area contributed by atoms with E-state index >= 15 is 0 Å². The zero-order chi connectivity index (χ0) is 14.3. The predicted molar refractivity (Wildman–Crippen MR) is 73.0 cm³/mol. The van der Waals surface area contributed by atoms with E-state index < -0.39 is 11.8 Å². The minimum atomic E-state index is -0.669. The number of carbonyl (C=O) groups is 2. The molecule has 0 fully saturated rings. The van der Waals surface area contributed by atoms with E-state index in [2.05, 4.69) is 26.2 Å². The molecule has 0 aromatic heterocycles. The van der Waals surface area contributed by atoms with E-state index in [0.717, 1.165) is 10.0 Å². The first-order valence-electron chi connectivity index (χ1n) is 5.24. The molecule has 2 amide bonds. The predicted octanol–water partition coefficient (Wildman–Crippen LogP) is 1.00. The highest BCUT2D eigenvalue weighted by Gasteiger charge is 2.02. The number of primary amides is 1. The van der Waals surface area contributed by atoms with Crippen LogP contribution < -0.4 is 16.0 Å². The normalized spacial score (nSPS) is 10.4. The molecule has 7 heteroatoms. The number of hydrogen-bond donors (Lipinski definition) is 2. The number of nitrogens with one attached hydrogen (secondary N) is 1. The fraction of sp³-hybridized carbons (Fsp3) is 0.167. The van der Waals surface area contributed by atoms with Crippen molar-refractivity contribution < 1.29 is 19.2 Å². The molecule has 1 rings (SSSR count). The van der Waals surface area contributed by atoms with Gasteiger partial charge in [0.25, 0.3) is 5.91 Å². The van der Waals surface area contributed by atoms with Gasteiger partial charge in [-0.15, -0.1) is 0 Å². The standard InChI is InChI=1S/C12H13BrN2O4/c1-18-10-4-3-9(13)6-8(10)2-5-12(17)15-19-7-11(14)16/h2-6H,7H2,1H3,(H2,14,16)(H,15,17)/b5-2+. The third kappa shape index (κ3) is 5.54. The van der Waals surface area contributed by atoms with Gasteiger partial charge in [0.1, 0.15) is 5.75 Å². The Morgan fingerprint density at radius 3 is 2.84 bits per heavy atom. The second kappa shape index (κ2) is 7.55. The van der Waals surface area contributed by atoms with Crippen LogP contribution in [0, 0.1) is 0 Å². The fourth-order valence-corrected chi connectivity index (χ4v) is 1.59. The van der Waals surface area contributed by atoms with Crippen LogP contribution in [-0.4, -0.2) is 25.5 Å². The van der Waals surface area contributed by atoms with Crippen molar-refractivity contribution in [1.82, 2.24) is 5.48 Å². The first kappa shape index (κ1) is 15.2. The minimum Gasteiger partial charge on any atom is -0.496 e. The fourth-order valence-electron chi connectivity index (χ4n) is 1.21. The van der Waals surface area contributed by atoms with Crippen LogP contribution in [0.2, 0.25) is 0 Å². The highest BCUT2D eigenvalue weighted by molar-refractivity contribution is 9.10. The van der Waals surface area contributed by atoms with Gasteiger partial charge in [-0.25, -0.2) is 5.48 Å². The minimum absolute atomic E-state index is 0.375. The van der Waals surface area contributed by atoms with Gasteiger partial charge in [-0.05, 0) is 24.3 Å². The van der Waals surface area contributed by atoms with E-state index in [4.69, 9.17) is 10.5 Å². The number of rotatable bonds is 6. The molecule has 0 heterocycles. The Morgan fingerprint density at radius 2 is 2.21 bits per heavy atom. The molecule has 0 spiro atoms. The summed E-state index contributed by atoms with van der Waals surface area (Å²) in [7, 11) is 1.54. The molecule has 102 valence electrons. The average Bonchev–Trinajstić information content (AvgIpc) is 2.36. The number of amides is 2. The summed E-state index contributed by atoms with van der Waals surface area (Å²) in [4.78, 5) is 26.3. The summed E-state index contributed by atoms with van der Waals surface area (Å²) < 4.78 is 6.01. The molecular weight excluding hydrogens is 316 g/mol. The molecule has 0 saturated heterocycles. The third-order valence-electron chi connectivity index (χ3n) is 1.99. The van der Waals surface area contributed by atoms with Gasteiger partial charge in [0.2, 0.25) is 5.91 Å².